The van der Waals surface area contributed by atoms with E-state index in [0.717, 1.165) is 32.6 Å². The number of hydrogen-bond acceptors (Lipinski definition) is 3. The minimum atomic E-state index is -0.179. The van der Waals surface area contributed by atoms with Gasteiger partial charge in [0.1, 0.15) is 10.6 Å². The fraction of sp³-hybridized carbons (Fsp3) is 0.250. The molecule has 0 saturated heterocycles. The molecule has 0 saturated carbocycles. The summed E-state index contributed by atoms with van der Waals surface area (Å²) < 4.78 is 6.21. The predicted octanol–water partition coefficient (Wildman–Crippen LogP) is 6.25. The Morgan fingerprint density at radius 2 is 2.00 bits per heavy atom. The normalized spacial score (nSPS) is 11.1. The first-order valence-corrected chi connectivity index (χ1v) is 9.28. The summed E-state index contributed by atoms with van der Waals surface area (Å²) >= 11 is 7.87. The molecule has 1 N–H and O–H groups in total. The summed E-state index contributed by atoms with van der Waals surface area (Å²) in [4.78, 5) is 13.4. The number of benzene rings is 2. The van der Waals surface area contributed by atoms with Crippen LogP contribution in [0.3, 0.4) is 0 Å². The number of carbonyl (C=O) groups excluding carboxylic acids is 1. The molecule has 0 aliphatic rings. The summed E-state index contributed by atoms with van der Waals surface area (Å²) in [5.74, 6) is 0.860. The number of carbonyl (C=O) groups is 1. The molecule has 0 bridgehead atoms. The molecule has 130 valence electrons. The van der Waals surface area contributed by atoms with Gasteiger partial charge in [-0.25, -0.2) is 0 Å². The molecule has 0 spiro atoms. The number of nitrogens with one attached hydrogen (secondary N) is 1. The van der Waals surface area contributed by atoms with E-state index >= 15 is 0 Å². The first-order chi connectivity index (χ1) is 11.9. The average Bonchev–Trinajstić information content (AvgIpc) is 2.92. The number of aryl methyl sites for hydroxylation is 1. The van der Waals surface area contributed by atoms with Gasteiger partial charge in [-0.3, -0.25) is 4.79 Å². The molecule has 3 nitrogen and oxygen atoms in total. The second-order valence-electron chi connectivity index (χ2n) is 6.26. The lowest BCUT2D eigenvalue weighted by Crippen LogP contribution is -2.14. The first kappa shape index (κ1) is 17.8. The smallest absolute Gasteiger partial charge is 0.267 e. The number of thiophene rings is 1. The number of rotatable bonds is 4. The van der Waals surface area contributed by atoms with Gasteiger partial charge in [0.2, 0.25) is 0 Å². The van der Waals surface area contributed by atoms with Crippen molar-refractivity contribution >= 4 is 44.6 Å². The zero-order chi connectivity index (χ0) is 18.1. The molecule has 0 fully saturated rings. The molecule has 1 heterocycles. The van der Waals surface area contributed by atoms with E-state index in [9.17, 15) is 4.79 Å². The topological polar surface area (TPSA) is 38.3 Å². The molecule has 0 radical (unpaired) electrons. The zero-order valence-electron chi connectivity index (χ0n) is 14.6. The predicted molar refractivity (Wildman–Crippen MR) is 107 cm³/mol. The van der Waals surface area contributed by atoms with Crippen molar-refractivity contribution in [1.29, 1.82) is 0 Å². The van der Waals surface area contributed by atoms with Crippen molar-refractivity contribution in [2.45, 2.75) is 26.7 Å². The van der Waals surface area contributed by atoms with Gasteiger partial charge in [-0.15, -0.1) is 11.3 Å². The number of methoxy groups -OCH3 is 1. The molecule has 0 aliphatic carbocycles. The third kappa shape index (κ3) is 3.37. The Labute approximate surface area is 156 Å². The van der Waals surface area contributed by atoms with Gasteiger partial charge in [-0.05, 0) is 42.2 Å². The van der Waals surface area contributed by atoms with Crippen LogP contribution in [0.1, 0.15) is 40.6 Å². The van der Waals surface area contributed by atoms with Crippen LogP contribution in [0.4, 0.5) is 5.69 Å². The van der Waals surface area contributed by atoms with Crippen molar-refractivity contribution in [1.82, 2.24) is 0 Å². The largest absolute Gasteiger partial charge is 0.497 e. The Bertz CT molecular complexity index is 946. The molecule has 5 heteroatoms. The highest BCUT2D eigenvalue weighted by Gasteiger charge is 2.20. The molecule has 0 unspecified atom stereocenters. The van der Waals surface area contributed by atoms with E-state index in [1.165, 1.54) is 11.3 Å². The summed E-state index contributed by atoms with van der Waals surface area (Å²) in [5.41, 5.74) is 3.03. The number of fused-ring (bicyclic) bond motifs is 1. The molecule has 0 aliphatic heterocycles. The highest BCUT2D eigenvalue weighted by Crippen LogP contribution is 2.38. The third-order valence-corrected chi connectivity index (χ3v) is 5.88. The van der Waals surface area contributed by atoms with E-state index in [0.29, 0.717) is 15.8 Å². The number of hydrogen-bond donors (Lipinski definition) is 1. The van der Waals surface area contributed by atoms with Crippen molar-refractivity contribution in [3.05, 3.63) is 57.4 Å². The molecule has 2 aromatic carbocycles. The Balaban J connectivity index is 2.00. The standard InChI is InChI=1S/C20H20ClNO2S/c1-11(2)14-7-5-6-12(3)18(14)22-20(23)19-17(21)15-10-13(24-4)8-9-16(15)25-19/h5-11H,1-4H3,(H,22,23). The molecule has 25 heavy (non-hydrogen) atoms. The second kappa shape index (κ2) is 7.06. The number of ether oxygens (including phenoxy) is 1. The van der Waals surface area contributed by atoms with Crippen LogP contribution in [0, 0.1) is 6.92 Å². The SMILES string of the molecule is COc1ccc2sc(C(=O)Nc3c(C)cccc3C(C)C)c(Cl)c2c1. The molecule has 1 aromatic heterocycles. The van der Waals surface area contributed by atoms with E-state index in [1.54, 1.807) is 7.11 Å². The molecule has 3 rings (SSSR count). The molecule has 0 atom stereocenters. The van der Waals surface area contributed by atoms with Crippen molar-refractivity contribution in [2.24, 2.45) is 0 Å². The van der Waals surface area contributed by atoms with Gasteiger partial charge in [-0.1, -0.05) is 43.6 Å². The highest BCUT2D eigenvalue weighted by atomic mass is 35.5. The molecular weight excluding hydrogens is 354 g/mol. The van der Waals surface area contributed by atoms with Gasteiger partial charge >= 0.3 is 0 Å². The maximum absolute atomic E-state index is 12.9. The van der Waals surface area contributed by atoms with Crippen molar-refractivity contribution in [3.63, 3.8) is 0 Å². The van der Waals surface area contributed by atoms with Crippen LogP contribution < -0.4 is 10.1 Å². The minimum absolute atomic E-state index is 0.179. The fourth-order valence-electron chi connectivity index (χ4n) is 2.83. The van der Waals surface area contributed by atoms with Gasteiger partial charge in [0.05, 0.1) is 12.1 Å². The lowest BCUT2D eigenvalue weighted by Gasteiger charge is -2.16. The fourth-order valence-corrected chi connectivity index (χ4v) is 4.22. The summed E-state index contributed by atoms with van der Waals surface area (Å²) in [5, 5.41) is 4.37. The van der Waals surface area contributed by atoms with Crippen LogP contribution in [0.5, 0.6) is 5.75 Å². The lowest BCUT2D eigenvalue weighted by molar-refractivity contribution is 0.103. The average molecular weight is 374 g/mol. The van der Waals surface area contributed by atoms with E-state index in [-0.39, 0.29) is 5.91 Å². The van der Waals surface area contributed by atoms with Crippen LogP contribution >= 0.6 is 22.9 Å². The number of amides is 1. The lowest BCUT2D eigenvalue weighted by atomic mass is 9.98. The Kier molecular flexibility index (Phi) is 5.02. The quantitative estimate of drug-likeness (QED) is 0.587. The van der Waals surface area contributed by atoms with Gasteiger partial charge in [0, 0.05) is 15.8 Å². The van der Waals surface area contributed by atoms with Crippen LogP contribution in [-0.4, -0.2) is 13.0 Å². The van der Waals surface area contributed by atoms with Crippen LogP contribution in [-0.2, 0) is 0 Å². The summed E-state index contributed by atoms with van der Waals surface area (Å²) in [7, 11) is 1.61. The summed E-state index contributed by atoms with van der Waals surface area (Å²) in [6.45, 7) is 6.23. The minimum Gasteiger partial charge on any atom is -0.497 e. The summed E-state index contributed by atoms with van der Waals surface area (Å²) in [6, 6.07) is 11.7. The van der Waals surface area contributed by atoms with Crippen molar-refractivity contribution in [3.8, 4) is 5.75 Å². The first-order valence-electron chi connectivity index (χ1n) is 8.09. The van der Waals surface area contributed by atoms with Gasteiger partial charge < -0.3 is 10.1 Å². The summed E-state index contributed by atoms with van der Waals surface area (Å²) in [6.07, 6.45) is 0. The van der Waals surface area contributed by atoms with Crippen LogP contribution in [0.2, 0.25) is 5.02 Å². The molecule has 1 amide bonds. The molecular formula is C20H20ClNO2S. The van der Waals surface area contributed by atoms with E-state index in [2.05, 4.69) is 19.2 Å². The van der Waals surface area contributed by atoms with Crippen molar-refractivity contribution < 1.29 is 9.53 Å². The van der Waals surface area contributed by atoms with Gasteiger partial charge in [-0.2, -0.15) is 0 Å². The van der Waals surface area contributed by atoms with Crippen molar-refractivity contribution in [2.75, 3.05) is 12.4 Å². The Hall–Kier alpha value is -2.04. The van der Waals surface area contributed by atoms with Gasteiger partial charge in [0.15, 0.2) is 0 Å². The van der Waals surface area contributed by atoms with E-state index in [1.807, 2.05) is 43.3 Å². The van der Waals surface area contributed by atoms with Crippen LogP contribution in [0.15, 0.2) is 36.4 Å². The molecule has 3 aromatic rings. The Morgan fingerprint density at radius 3 is 2.68 bits per heavy atom. The number of anilines is 1. The zero-order valence-corrected chi connectivity index (χ0v) is 16.2. The van der Waals surface area contributed by atoms with Gasteiger partial charge in [0.25, 0.3) is 5.91 Å². The second-order valence-corrected chi connectivity index (χ2v) is 7.69. The van der Waals surface area contributed by atoms with E-state index in [4.69, 9.17) is 16.3 Å². The third-order valence-electron chi connectivity index (χ3n) is 4.21. The van der Waals surface area contributed by atoms with E-state index < -0.39 is 0 Å². The monoisotopic (exact) mass is 373 g/mol. The maximum Gasteiger partial charge on any atom is 0.267 e. The van der Waals surface area contributed by atoms with Crippen LogP contribution in [0.25, 0.3) is 10.1 Å². The highest BCUT2D eigenvalue weighted by molar-refractivity contribution is 7.21. The maximum atomic E-state index is 12.9. The number of halogens is 1. The Morgan fingerprint density at radius 1 is 1.24 bits per heavy atom. The number of para-hydroxylation sites is 1.